The molecular weight excluding hydrogens is 234 g/mol. The number of anilines is 1. The molecule has 0 radical (unpaired) electrons. The number of aliphatic hydroxyl groups excluding tert-OH is 1. The molecule has 0 spiro atoms. The summed E-state index contributed by atoms with van der Waals surface area (Å²) >= 11 is 0. The molecule has 0 saturated carbocycles. The molecule has 0 fully saturated rings. The highest BCUT2D eigenvalue weighted by atomic mass is 16.3. The normalized spacial score (nSPS) is 12.7. The van der Waals surface area contributed by atoms with Gasteiger partial charge in [0.2, 0.25) is 11.9 Å². The molecule has 7 heteroatoms. The summed E-state index contributed by atoms with van der Waals surface area (Å²) < 4.78 is 1.36. The molecule has 102 valence electrons. The Morgan fingerprint density at radius 1 is 1.56 bits per heavy atom. The number of nitrogens with zero attached hydrogens (tertiary/aromatic N) is 3. The van der Waals surface area contributed by atoms with Crippen molar-refractivity contribution >= 4 is 11.9 Å². The zero-order valence-electron chi connectivity index (χ0n) is 10.8. The monoisotopic (exact) mass is 255 g/mol. The second-order valence-corrected chi connectivity index (χ2v) is 4.25. The van der Waals surface area contributed by atoms with Gasteiger partial charge in [0.15, 0.2) is 0 Å². The van der Waals surface area contributed by atoms with Crippen LogP contribution in [0.4, 0.5) is 5.95 Å². The number of amides is 1. The Balaban J connectivity index is 2.32. The van der Waals surface area contributed by atoms with Gasteiger partial charge in [-0.1, -0.05) is 26.7 Å². The summed E-state index contributed by atoms with van der Waals surface area (Å²) in [7, 11) is 0. The highest BCUT2D eigenvalue weighted by molar-refractivity contribution is 5.75. The van der Waals surface area contributed by atoms with Crippen LogP contribution in [0.3, 0.4) is 0 Å². The summed E-state index contributed by atoms with van der Waals surface area (Å²) in [4.78, 5) is 15.3. The number of aromatic nitrogens is 3. The van der Waals surface area contributed by atoms with Gasteiger partial charge in [-0.05, 0) is 5.92 Å². The maximum absolute atomic E-state index is 11.6. The zero-order chi connectivity index (χ0) is 13.5. The molecular formula is C11H21N5O2. The van der Waals surface area contributed by atoms with Crippen molar-refractivity contribution in [2.24, 2.45) is 5.92 Å². The minimum atomic E-state index is -0.509. The van der Waals surface area contributed by atoms with Crippen molar-refractivity contribution in [3.8, 4) is 0 Å². The van der Waals surface area contributed by atoms with Crippen molar-refractivity contribution in [1.82, 2.24) is 20.1 Å². The van der Waals surface area contributed by atoms with E-state index in [-0.39, 0.29) is 30.9 Å². The lowest BCUT2D eigenvalue weighted by molar-refractivity contribution is -0.122. The standard InChI is InChI=1S/C11H21N5O2/c1-3-8(4-2)9(17)5-13-10(18)6-16-7-14-11(12)15-16/h7-9,17H,3-6H2,1-2H3,(H2,12,15)(H,13,18). The van der Waals surface area contributed by atoms with Crippen LogP contribution in [0, 0.1) is 5.92 Å². The lowest BCUT2D eigenvalue weighted by atomic mass is 9.96. The smallest absolute Gasteiger partial charge is 0.241 e. The van der Waals surface area contributed by atoms with E-state index in [9.17, 15) is 9.90 Å². The average Bonchev–Trinajstić information content (AvgIpc) is 2.73. The molecule has 0 aliphatic heterocycles. The molecule has 0 aromatic carbocycles. The fourth-order valence-electron chi connectivity index (χ4n) is 1.81. The number of aliphatic hydroxyl groups is 1. The van der Waals surface area contributed by atoms with Crippen molar-refractivity contribution in [2.75, 3.05) is 12.3 Å². The first-order valence-corrected chi connectivity index (χ1v) is 6.16. The average molecular weight is 255 g/mol. The fourth-order valence-corrected chi connectivity index (χ4v) is 1.81. The number of nitrogens with one attached hydrogen (secondary N) is 1. The summed E-state index contributed by atoms with van der Waals surface area (Å²) in [5.41, 5.74) is 5.34. The third kappa shape index (κ3) is 4.33. The van der Waals surface area contributed by atoms with Crippen LogP contribution in [0.5, 0.6) is 0 Å². The van der Waals surface area contributed by atoms with Gasteiger partial charge < -0.3 is 16.2 Å². The summed E-state index contributed by atoms with van der Waals surface area (Å²) in [6.07, 6.45) is 2.68. The highest BCUT2D eigenvalue weighted by Crippen LogP contribution is 2.12. The first kappa shape index (κ1) is 14.4. The van der Waals surface area contributed by atoms with E-state index in [1.165, 1.54) is 11.0 Å². The Morgan fingerprint density at radius 2 is 2.22 bits per heavy atom. The van der Waals surface area contributed by atoms with E-state index in [0.717, 1.165) is 12.8 Å². The lowest BCUT2D eigenvalue weighted by Crippen LogP contribution is -2.37. The molecule has 0 bridgehead atoms. The summed E-state index contributed by atoms with van der Waals surface area (Å²) in [6.45, 7) is 4.37. The molecule has 1 unspecified atom stereocenters. The van der Waals surface area contributed by atoms with Gasteiger partial charge >= 0.3 is 0 Å². The van der Waals surface area contributed by atoms with E-state index in [1.807, 2.05) is 13.8 Å². The molecule has 18 heavy (non-hydrogen) atoms. The van der Waals surface area contributed by atoms with Crippen molar-refractivity contribution in [1.29, 1.82) is 0 Å². The highest BCUT2D eigenvalue weighted by Gasteiger charge is 2.16. The van der Waals surface area contributed by atoms with Crippen molar-refractivity contribution < 1.29 is 9.90 Å². The van der Waals surface area contributed by atoms with Crippen LogP contribution in [-0.4, -0.2) is 38.4 Å². The fraction of sp³-hybridized carbons (Fsp3) is 0.727. The van der Waals surface area contributed by atoms with Crippen molar-refractivity contribution in [3.63, 3.8) is 0 Å². The quantitative estimate of drug-likeness (QED) is 0.624. The maximum atomic E-state index is 11.6. The van der Waals surface area contributed by atoms with E-state index in [1.54, 1.807) is 0 Å². The van der Waals surface area contributed by atoms with Crippen LogP contribution in [0.15, 0.2) is 6.33 Å². The molecule has 1 aromatic heterocycles. The topological polar surface area (TPSA) is 106 Å². The summed E-state index contributed by atoms with van der Waals surface area (Å²) in [5, 5.41) is 16.3. The Hall–Kier alpha value is -1.63. The number of nitrogens with two attached hydrogens (primary N) is 1. The van der Waals surface area contributed by atoms with Gasteiger partial charge in [-0.2, -0.15) is 0 Å². The molecule has 4 N–H and O–H groups in total. The van der Waals surface area contributed by atoms with E-state index >= 15 is 0 Å². The van der Waals surface area contributed by atoms with Crippen LogP contribution in [-0.2, 0) is 11.3 Å². The molecule has 1 atom stereocenters. The SMILES string of the molecule is CCC(CC)C(O)CNC(=O)Cn1cnc(N)n1. The number of nitrogen functional groups attached to an aromatic ring is 1. The van der Waals surface area contributed by atoms with Crippen LogP contribution in [0.1, 0.15) is 26.7 Å². The van der Waals surface area contributed by atoms with Gasteiger partial charge in [-0.25, -0.2) is 9.67 Å². The zero-order valence-corrected chi connectivity index (χ0v) is 10.8. The first-order valence-electron chi connectivity index (χ1n) is 6.16. The minimum absolute atomic E-state index is 0.0554. The Kier molecular flexibility index (Phi) is 5.57. The summed E-state index contributed by atoms with van der Waals surface area (Å²) in [6, 6.07) is 0. The van der Waals surface area contributed by atoms with Crippen LogP contribution >= 0.6 is 0 Å². The van der Waals surface area contributed by atoms with Gasteiger partial charge in [0.1, 0.15) is 12.9 Å². The largest absolute Gasteiger partial charge is 0.391 e. The van der Waals surface area contributed by atoms with Crippen LogP contribution in [0.2, 0.25) is 0 Å². The van der Waals surface area contributed by atoms with Gasteiger partial charge in [0.25, 0.3) is 0 Å². The molecule has 7 nitrogen and oxygen atoms in total. The third-order valence-corrected chi connectivity index (χ3v) is 2.96. The predicted molar refractivity (Wildman–Crippen MR) is 67.5 cm³/mol. The van der Waals surface area contributed by atoms with Crippen molar-refractivity contribution in [3.05, 3.63) is 6.33 Å². The summed E-state index contributed by atoms with van der Waals surface area (Å²) in [5.74, 6) is 0.136. The molecule has 1 heterocycles. The van der Waals surface area contributed by atoms with Crippen LogP contribution < -0.4 is 11.1 Å². The number of hydrogen-bond acceptors (Lipinski definition) is 5. The van der Waals surface area contributed by atoms with Gasteiger partial charge in [0, 0.05) is 6.54 Å². The Bertz CT molecular complexity index is 375. The van der Waals surface area contributed by atoms with E-state index in [2.05, 4.69) is 15.4 Å². The molecule has 0 aliphatic rings. The van der Waals surface area contributed by atoms with E-state index in [4.69, 9.17) is 5.73 Å². The second-order valence-electron chi connectivity index (χ2n) is 4.25. The molecule has 0 saturated heterocycles. The molecule has 1 amide bonds. The Morgan fingerprint density at radius 3 is 2.72 bits per heavy atom. The van der Waals surface area contributed by atoms with E-state index in [0.29, 0.717) is 0 Å². The predicted octanol–water partition coefficient (Wildman–Crippen LogP) is -0.226. The van der Waals surface area contributed by atoms with Gasteiger partial charge in [-0.15, -0.1) is 5.10 Å². The minimum Gasteiger partial charge on any atom is -0.391 e. The number of rotatable bonds is 7. The van der Waals surface area contributed by atoms with E-state index < -0.39 is 6.10 Å². The molecule has 1 aromatic rings. The van der Waals surface area contributed by atoms with Gasteiger partial charge in [-0.3, -0.25) is 4.79 Å². The first-order chi connectivity index (χ1) is 8.56. The second kappa shape index (κ2) is 6.95. The molecule has 0 aliphatic carbocycles. The van der Waals surface area contributed by atoms with Crippen LogP contribution in [0.25, 0.3) is 0 Å². The number of carbonyl (C=O) groups is 1. The maximum Gasteiger partial charge on any atom is 0.241 e. The molecule has 1 rings (SSSR count). The number of hydrogen-bond donors (Lipinski definition) is 3. The third-order valence-electron chi connectivity index (χ3n) is 2.96. The van der Waals surface area contributed by atoms with Gasteiger partial charge in [0.05, 0.1) is 6.10 Å². The Labute approximate surface area is 106 Å². The van der Waals surface area contributed by atoms with Crippen molar-refractivity contribution in [2.45, 2.75) is 39.3 Å². The lowest BCUT2D eigenvalue weighted by Gasteiger charge is -2.20. The number of carbonyl (C=O) groups excluding carboxylic acids is 1.